The van der Waals surface area contributed by atoms with Crippen molar-refractivity contribution in [3.63, 3.8) is 0 Å². The van der Waals surface area contributed by atoms with Crippen LogP contribution >= 0.6 is 0 Å². The predicted octanol–water partition coefficient (Wildman–Crippen LogP) is 2.80. The van der Waals surface area contributed by atoms with Gasteiger partial charge in [0.15, 0.2) is 0 Å². The predicted molar refractivity (Wildman–Crippen MR) is 81.0 cm³/mol. The molecule has 2 rings (SSSR count). The molecule has 1 N–H and O–H groups in total. The normalized spacial score (nSPS) is 12.4. The smallest absolute Gasteiger partial charge is 0.273 e. The molecule has 1 aromatic carbocycles. The highest BCUT2D eigenvalue weighted by Crippen LogP contribution is 2.23. The number of rotatable bonds is 5. The highest BCUT2D eigenvalue weighted by atomic mass is 16.6. The van der Waals surface area contributed by atoms with Gasteiger partial charge < -0.3 is 5.32 Å². The largest absolute Gasteiger partial charge is 0.306 e. The van der Waals surface area contributed by atoms with Crippen molar-refractivity contribution in [1.82, 2.24) is 15.1 Å². The SMILES string of the molecule is Cc1nn(C)c(C)c1C(C)NCc1ccccc1[N+](=O)[O-]. The van der Waals surface area contributed by atoms with Crippen LogP contribution in [0.3, 0.4) is 0 Å². The summed E-state index contributed by atoms with van der Waals surface area (Å²) in [6.07, 6.45) is 0. The highest BCUT2D eigenvalue weighted by Gasteiger charge is 2.18. The van der Waals surface area contributed by atoms with E-state index in [0.717, 1.165) is 17.0 Å². The zero-order valence-corrected chi connectivity index (χ0v) is 12.8. The highest BCUT2D eigenvalue weighted by molar-refractivity contribution is 5.39. The van der Waals surface area contributed by atoms with Gasteiger partial charge in [-0.3, -0.25) is 14.8 Å². The Kier molecular flexibility index (Phi) is 4.37. The second kappa shape index (κ2) is 6.05. The first-order valence-electron chi connectivity index (χ1n) is 6.87. The van der Waals surface area contributed by atoms with E-state index >= 15 is 0 Å². The Hall–Kier alpha value is -2.21. The van der Waals surface area contributed by atoms with Crippen LogP contribution < -0.4 is 5.32 Å². The van der Waals surface area contributed by atoms with Crippen molar-refractivity contribution >= 4 is 5.69 Å². The lowest BCUT2D eigenvalue weighted by Gasteiger charge is -2.15. The third-order valence-corrected chi connectivity index (χ3v) is 3.79. The summed E-state index contributed by atoms with van der Waals surface area (Å²) in [6.45, 7) is 6.50. The Morgan fingerprint density at radius 3 is 2.62 bits per heavy atom. The van der Waals surface area contributed by atoms with Gasteiger partial charge in [0.25, 0.3) is 5.69 Å². The third-order valence-electron chi connectivity index (χ3n) is 3.79. The van der Waals surface area contributed by atoms with E-state index < -0.39 is 0 Å². The Balaban J connectivity index is 2.15. The maximum atomic E-state index is 11.0. The van der Waals surface area contributed by atoms with Gasteiger partial charge in [-0.25, -0.2) is 0 Å². The lowest BCUT2D eigenvalue weighted by atomic mass is 10.1. The van der Waals surface area contributed by atoms with Crippen LogP contribution in [0.1, 0.15) is 35.5 Å². The summed E-state index contributed by atoms with van der Waals surface area (Å²) >= 11 is 0. The number of aromatic nitrogens is 2. The minimum Gasteiger partial charge on any atom is -0.306 e. The Morgan fingerprint density at radius 1 is 1.38 bits per heavy atom. The van der Waals surface area contributed by atoms with Crippen molar-refractivity contribution in [3.05, 3.63) is 56.9 Å². The zero-order valence-electron chi connectivity index (χ0n) is 12.8. The number of aryl methyl sites for hydroxylation is 2. The molecule has 0 bridgehead atoms. The fourth-order valence-electron chi connectivity index (χ4n) is 2.62. The number of nitrogens with zero attached hydrogens (tertiary/aromatic N) is 3. The molecule has 0 aliphatic rings. The van der Waals surface area contributed by atoms with Gasteiger partial charge in [-0.2, -0.15) is 5.10 Å². The van der Waals surface area contributed by atoms with Gasteiger partial charge in [0.05, 0.1) is 10.6 Å². The molecule has 1 atom stereocenters. The van der Waals surface area contributed by atoms with E-state index in [1.807, 2.05) is 38.6 Å². The minimum atomic E-state index is -0.345. The molecule has 2 aromatic rings. The van der Waals surface area contributed by atoms with Crippen molar-refractivity contribution in [2.75, 3.05) is 0 Å². The third kappa shape index (κ3) is 3.11. The molecule has 0 aliphatic carbocycles. The molecule has 1 heterocycles. The van der Waals surface area contributed by atoms with Crippen molar-refractivity contribution < 1.29 is 4.92 Å². The molecule has 112 valence electrons. The summed E-state index contributed by atoms with van der Waals surface area (Å²) in [5, 5.41) is 18.8. The Bertz CT molecular complexity index is 664. The number of para-hydroxylation sites is 1. The lowest BCUT2D eigenvalue weighted by molar-refractivity contribution is -0.385. The van der Waals surface area contributed by atoms with Gasteiger partial charge in [-0.1, -0.05) is 18.2 Å². The second-order valence-electron chi connectivity index (χ2n) is 5.20. The number of nitro groups is 1. The first-order chi connectivity index (χ1) is 9.91. The van der Waals surface area contributed by atoms with Crippen molar-refractivity contribution in [2.24, 2.45) is 7.05 Å². The molecule has 0 amide bonds. The summed E-state index contributed by atoms with van der Waals surface area (Å²) in [4.78, 5) is 10.7. The molecule has 0 saturated carbocycles. The van der Waals surface area contributed by atoms with E-state index in [0.29, 0.717) is 12.1 Å². The fraction of sp³-hybridized carbons (Fsp3) is 0.400. The van der Waals surface area contributed by atoms with E-state index in [1.165, 1.54) is 6.07 Å². The van der Waals surface area contributed by atoms with E-state index in [1.54, 1.807) is 12.1 Å². The van der Waals surface area contributed by atoms with Crippen LogP contribution in [0.5, 0.6) is 0 Å². The summed E-state index contributed by atoms with van der Waals surface area (Å²) in [6, 6.07) is 6.89. The lowest BCUT2D eigenvalue weighted by Crippen LogP contribution is -2.20. The molecule has 0 radical (unpaired) electrons. The van der Waals surface area contributed by atoms with E-state index in [9.17, 15) is 10.1 Å². The van der Waals surface area contributed by atoms with E-state index in [4.69, 9.17) is 0 Å². The second-order valence-corrected chi connectivity index (χ2v) is 5.20. The Morgan fingerprint density at radius 2 is 2.05 bits per heavy atom. The average molecular weight is 288 g/mol. The number of hydrogen-bond donors (Lipinski definition) is 1. The van der Waals surface area contributed by atoms with Crippen molar-refractivity contribution in [1.29, 1.82) is 0 Å². The topological polar surface area (TPSA) is 73.0 Å². The van der Waals surface area contributed by atoms with Gasteiger partial charge in [0.1, 0.15) is 0 Å². The maximum Gasteiger partial charge on any atom is 0.273 e. The first-order valence-corrected chi connectivity index (χ1v) is 6.87. The molecular formula is C15H20N4O2. The molecule has 0 saturated heterocycles. The number of nitrogens with one attached hydrogen (secondary N) is 1. The number of hydrogen-bond acceptors (Lipinski definition) is 4. The van der Waals surface area contributed by atoms with Crippen LogP contribution in [0.15, 0.2) is 24.3 Å². The van der Waals surface area contributed by atoms with Crippen LogP contribution in [0.4, 0.5) is 5.69 Å². The van der Waals surface area contributed by atoms with Crippen LogP contribution in [0.25, 0.3) is 0 Å². The summed E-state index contributed by atoms with van der Waals surface area (Å²) in [5.74, 6) is 0. The molecule has 1 aromatic heterocycles. The molecule has 21 heavy (non-hydrogen) atoms. The van der Waals surface area contributed by atoms with Crippen LogP contribution in [-0.4, -0.2) is 14.7 Å². The molecule has 0 fully saturated rings. The molecule has 1 unspecified atom stereocenters. The van der Waals surface area contributed by atoms with Gasteiger partial charge in [0, 0.05) is 42.5 Å². The van der Waals surface area contributed by atoms with Gasteiger partial charge in [0.2, 0.25) is 0 Å². The first kappa shape index (κ1) is 15.2. The monoisotopic (exact) mass is 288 g/mol. The minimum absolute atomic E-state index is 0.0820. The van der Waals surface area contributed by atoms with E-state index in [-0.39, 0.29) is 16.7 Å². The zero-order chi connectivity index (χ0) is 15.6. The summed E-state index contributed by atoms with van der Waals surface area (Å²) in [5.41, 5.74) is 4.08. The quantitative estimate of drug-likeness (QED) is 0.678. The molecular weight excluding hydrogens is 268 g/mol. The van der Waals surface area contributed by atoms with Gasteiger partial charge in [-0.15, -0.1) is 0 Å². The standard InChI is InChI=1S/C15H20N4O2/c1-10(15-11(2)17-18(4)12(15)3)16-9-13-7-5-6-8-14(13)19(20)21/h5-8,10,16H,9H2,1-4H3. The van der Waals surface area contributed by atoms with Crippen LogP contribution in [0.2, 0.25) is 0 Å². The number of nitro benzene ring substituents is 1. The molecule has 6 nitrogen and oxygen atoms in total. The van der Waals surface area contributed by atoms with Crippen molar-refractivity contribution in [2.45, 2.75) is 33.4 Å². The average Bonchev–Trinajstić information content (AvgIpc) is 2.70. The van der Waals surface area contributed by atoms with Crippen LogP contribution in [0, 0.1) is 24.0 Å². The summed E-state index contributed by atoms with van der Waals surface area (Å²) < 4.78 is 1.85. The van der Waals surface area contributed by atoms with E-state index in [2.05, 4.69) is 10.4 Å². The molecule has 0 spiro atoms. The van der Waals surface area contributed by atoms with Gasteiger partial charge >= 0.3 is 0 Å². The number of benzene rings is 1. The maximum absolute atomic E-state index is 11.0. The molecule has 0 aliphatic heterocycles. The van der Waals surface area contributed by atoms with Crippen LogP contribution in [-0.2, 0) is 13.6 Å². The van der Waals surface area contributed by atoms with Crippen molar-refractivity contribution in [3.8, 4) is 0 Å². The Labute approximate surface area is 123 Å². The fourth-order valence-corrected chi connectivity index (χ4v) is 2.62. The van der Waals surface area contributed by atoms with Gasteiger partial charge in [-0.05, 0) is 20.8 Å². The molecule has 6 heteroatoms. The summed E-state index contributed by atoms with van der Waals surface area (Å²) in [7, 11) is 1.92.